The number of nitrogens with one attached hydrogen (secondary N) is 1. The van der Waals surface area contributed by atoms with Gasteiger partial charge in [-0.05, 0) is 36.8 Å². The largest absolute Gasteiger partial charge is 0.467 e. The molecule has 0 aliphatic rings. The van der Waals surface area contributed by atoms with Crippen molar-refractivity contribution < 1.29 is 17.9 Å². The second-order valence-electron chi connectivity index (χ2n) is 3.90. The maximum absolute atomic E-state index is 12.1. The van der Waals surface area contributed by atoms with Crippen LogP contribution in [-0.4, -0.2) is 6.61 Å². The first-order valence-corrected chi connectivity index (χ1v) is 5.95. The predicted molar refractivity (Wildman–Crippen MR) is 68.9 cm³/mol. The smallest absolute Gasteiger partial charge is 0.387 e. The van der Waals surface area contributed by atoms with Crippen LogP contribution in [0.3, 0.4) is 0 Å². The van der Waals surface area contributed by atoms with Crippen LogP contribution in [0, 0.1) is 6.92 Å². The minimum absolute atomic E-state index is 0.0450. The molecule has 0 unspecified atom stereocenters. The van der Waals surface area contributed by atoms with Crippen LogP contribution in [0.15, 0.2) is 34.9 Å². The van der Waals surface area contributed by atoms with Crippen LogP contribution in [0.2, 0.25) is 5.02 Å². The van der Waals surface area contributed by atoms with Crippen molar-refractivity contribution in [2.75, 3.05) is 5.32 Å². The van der Waals surface area contributed by atoms with Gasteiger partial charge in [0.05, 0.1) is 17.8 Å². The van der Waals surface area contributed by atoms with Gasteiger partial charge in [0, 0.05) is 5.69 Å². The van der Waals surface area contributed by atoms with Crippen LogP contribution in [0.4, 0.5) is 14.5 Å². The molecule has 1 heterocycles. The summed E-state index contributed by atoms with van der Waals surface area (Å²) in [5, 5.41) is 3.21. The summed E-state index contributed by atoms with van der Waals surface area (Å²) >= 11 is 5.84. The molecule has 1 aromatic carbocycles. The molecule has 3 nitrogen and oxygen atoms in total. The third-order valence-corrected chi connectivity index (χ3v) is 2.86. The number of anilines is 1. The number of hydrogen-bond acceptors (Lipinski definition) is 3. The van der Waals surface area contributed by atoms with Crippen molar-refractivity contribution >= 4 is 17.3 Å². The van der Waals surface area contributed by atoms with E-state index in [-0.39, 0.29) is 10.8 Å². The maximum Gasteiger partial charge on any atom is 0.387 e. The van der Waals surface area contributed by atoms with E-state index in [1.165, 1.54) is 12.1 Å². The molecule has 0 spiro atoms. The molecule has 0 aliphatic heterocycles. The highest BCUT2D eigenvalue weighted by Crippen LogP contribution is 2.29. The number of benzene rings is 1. The topological polar surface area (TPSA) is 34.4 Å². The van der Waals surface area contributed by atoms with E-state index in [0.29, 0.717) is 12.2 Å². The summed E-state index contributed by atoms with van der Waals surface area (Å²) in [6.07, 6.45) is 1.61. The fraction of sp³-hybridized carbons (Fsp3) is 0.231. The molecule has 0 bridgehead atoms. The van der Waals surface area contributed by atoms with Gasteiger partial charge in [-0.25, -0.2) is 0 Å². The van der Waals surface area contributed by atoms with Gasteiger partial charge in [-0.1, -0.05) is 11.6 Å². The maximum atomic E-state index is 12.1. The average Bonchev–Trinajstić information content (AvgIpc) is 2.75. The third-order valence-electron chi connectivity index (χ3n) is 2.57. The highest BCUT2D eigenvalue weighted by atomic mass is 35.5. The number of rotatable bonds is 5. The van der Waals surface area contributed by atoms with E-state index < -0.39 is 6.61 Å². The number of halogens is 3. The van der Waals surface area contributed by atoms with Gasteiger partial charge in [-0.15, -0.1) is 0 Å². The van der Waals surface area contributed by atoms with Crippen molar-refractivity contribution in [3.63, 3.8) is 0 Å². The normalized spacial score (nSPS) is 10.8. The van der Waals surface area contributed by atoms with Crippen LogP contribution in [0.1, 0.15) is 11.3 Å². The first-order valence-electron chi connectivity index (χ1n) is 5.57. The lowest BCUT2D eigenvalue weighted by Crippen LogP contribution is -2.03. The number of alkyl halides is 2. The first-order chi connectivity index (χ1) is 9.06. The zero-order chi connectivity index (χ0) is 13.8. The van der Waals surface area contributed by atoms with Gasteiger partial charge in [0.25, 0.3) is 0 Å². The van der Waals surface area contributed by atoms with Crippen molar-refractivity contribution in [3.8, 4) is 5.75 Å². The van der Waals surface area contributed by atoms with Crippen molar-refractivity contribution in [3.05, 3.63) is 46.9 Å². The van der Waals surface area contributed by atoms with E-state index in [2.05, 4.69) is 10.1 Å². The molecule has 19 heavy (non-hydrogen) atoms. The first kappa shape index (κ1) is 13.7. The summed E-state index contributed by atoms with van der Waals surface area (Å²) in [4.78, 5) is 0. The van der Waals surface area contributed by atoms with Crippen LogP contribution in [0.5, 0.6) is 5.75 Å². The number of ether oxygens (including phenoxy) is 1. The van der Waals surface area contributed by atoms with Crippen molar-refractivity contribution in [2.24, 2.45) is 0 Å². The van der Waals surface area contributed by atoms with E-state index in [0.717, 1.165) is 11.3 Å². The lowest BCUT2D eigenvalue weighted by molar-refractivity contribution is -0.0497. The minimum Gasteiger partial charge on any atom is -0.467 e. The number of hydrogen-bond donors (Lipinski definition) is 1. The number of aryl methyl sites for hydroxylation is 1. The highest BCUT2D eigenvalue weighted by molar-refractivity contribution is 6.32. The van der Waals surface area contributed by atoms with E-state index in [1.807, 2.05) is 13.0 Å². The lowest BCUT2D eigenvalue weighted by atomic mass is 10.2. The van der Waals surface area contributed by atoms with Crippen molar-refractivity contribution in [1.29, 1.82) is 0 Å². The Morgan fingerprint density at radius 3 is 2.74 bits per heavy atom. The Morgan fingerprint density at radius 2 is 2.16 bits per heavy atom. The second-order valence-corrected chi connectivity index (χ2v) is 4.31. The second kappa shape index (κ2) is 5.93. The monoisotopic (exact) mass is 287 g/mol. The standard InChI is InChI=1S/C13H12ClF2NO2/c1-8-4-5-18-12(8)7-17-9-2-3-11(10(14)6-9)19-13(15)16/h2-6,13,17H,7H2,1H3. The quantitative estimate of drug-likeness (QED) is 0.882. The molecule has 0 amide bonds. The fourth-order valence-corrected chi connectivity index (χ4v) is 1.79. The molecule has 6 heteroatoms. The molecule has 0 radical (unpaired) electrons. The molecular formula is C13H12ClF2NO2. The summed E-state index contributed by atoms with van der Waals surface area (Å²) in [5.41, 5.74) is 1.73. The molecule has 1 aromatic heterocycles. The zero-order valence-corrected chi connectivity index (χ0v) is 10.9. The Labute approximate surface area is 114 Å². The van der Waals surface area contributed by atoms with E-state index >= 15 is 0 Å². The molecule has 2 rings (SSSR count). The third kappa shape index (κ3) is 3.61. The molecule has 0 fully saturated rings. The van der Waals surface area contributed by atoms with Crippen LogP contribution in [0.25, 0.3) is 0 Å². The van der Waals surface area contributed by atoms with Gasteiger partial charge >= 0.3 is 6.61 Å². The van der Waals surface area contributed by atoms with Gasteiger partial charge in [-0.3, -0.25) is 0 Å². The summed E-state index contributed by atoms with van der Waals surface area (Å²) in [6, 6.07) is 6.40. The Balaban J connectivity index is 2.02. The predicted octanol–water partition coefficient (Wildman–Crippen LogP) is 4.45. The summed E-state index contributed by atoms with van der Waals surface area (Å²) in [7, 11) is 0. The van der Waals surface area contributed by atoms with E-state index in [4.69, 9.17) is 16.0 Å². The fourth-order valence-electron chi connectivity index (χ4n) is 1.57. The molecule has 0 saturated carbocycles. The Morgan fingerprint density at radius 1 is 1.37 bits per heavy atom. The number of furan rings is 1. The van der Waals surface area contributed by atoms with Crippen LogP contribution < -0.4 is 10.1 Å². The van der Waals surface area contributed by atoms with Crippen LogP contribution in [-0.2, 0) is 6.54 Å². The van der Waals surface area contributed by atoms with Gasteiger partial charge < -0.3 is 14.5 Å². The molecule has 102 valence electrons. The van der Waals surface area contributed by atoms with Crippen LogP contribution >= 0.6 is 11.6 Å². The minimum atomic E-state index is -2.89. The van der Waals surface area contributed by atoms with Crippen molar-refractivity contribution in [1.82, 2.24) is 0 Å². The van der Waals surface area contributed by atoms with Crippen molar-refractivity contribution in [2.45, 2.75) is 20.1 Å². The van der Waals surface area contributed by atoms with Gasteiger partial charge in [0.15, 0.2) is 0 Å². The summed E-state index contributed by atoms with van der Waals surface area (Å²) < 4.78 is 33.7. The summed E-state index contributed by atoms with van der Waals surface area (Å²) in [6.45, 7) is -0.459. The zero-order valence-electron chi connectivity index (χ0n) is 10.1. The molecule has 1 N–H and O–H groups in total. The van der Waals surface area contributed by atoms with E-state index in [9.17, 15) is 8.78 Å². The summed E-state index contributed by atoms with van der Waals surface area (Å²) in [5.74, 6) is 0.764. The molecule has 0 saturated heterocycles. The SMILES string of the molecule is Cc1ccoc1CNc1ccc(OC(F)F)c(Cl)c1. The Kier molecular flexibility index (Phi) is 4.27. The average molecular weight is 288 g/mol. The van der Waals surface area contributed by atoms with Gasteiger partial charge in [0.1, 0.15) is 11.5 Å². The molecular weight excluding hydrogens is 276 g/mol. The molecule has 0 aliphatic carbocycles. The van der Waals surface area contributed by atoms with Gasteiger partial charge in [-0.2, -0.15) is 8.78 Å². The Bertz CT molecular complexity index is 557. The van der Waals surface area contributed by atoms with Gasteiger partial charge in [0.2, 0.25) is 0 Å². The Hall–Kier alpha value is -1.75. The highest BCUT2D eigenvalue weighted by Gasteiger charge is 2.09. The molecule has 0 atom stereocenters. The molecule has 2 aromatic rings. The lowest BCUT2D eigenvalue weighted by Gasteiger charge is -2.09. The van der Waals surface area contributed by atoms with E-state index in [1.54, 1.807) is 12.3 Å².